The third kappa shape index (κ3) is 5.15. The Morgan fingerprint density at radius 1 is 0.778 bits per heavy atom. The first-order chi connectivity index (χ1) is 13.1. The number of hydrogen-bond donors (Lipinski definition) is 2. The van der Waals surface area contributed by atoms with Gasteiger partial charge in [-0.05, 0) is 53.6 Å². The van der Waals surface area contributed by atoms with E-state index in [1.54, 1.807) is 42.7 Å². The van der Waals surface area contributed by atoms with Crippen molar-refractivity contribution in [3.63, 3.8) is 0 Å². The van der Waals surface area contributed by atoms with Crippen molar-refractivity contribution in [1.82, 2.24) is 15.6 Å². The molecule has 1 heterocycles. The van der Waals surface area contributed by atoms with Crippen LogP contribution < -0.4 is 10.6 Å². The van der Waals surface area contributed by atoms with Gasteiger partial charge in [-0.15, -0.1) is 0 Å². The van der Waals surface area contributed by atoms with Crippen LogP contribution in [-0.4, -0.2) is 16.8 Å². The van der Waals surface area contributed by atoms with Crippen LogP contribution in [-0.2, 0) is 13.1 Å². The van der Waals surface area contributed by atoms with E-state index in [2.05, 4.69) is 15.6 Å². The number of carbonyl (C=O) groups excluding carboxylic acids is 2. The molecule has 0 fully saturated rings. The van der Waals surface area contributed by atoms with Crippen LogP contribution in [0.5, 0.6) is 0 Å². The molecule has 5 nitrogen and oxygen atoms in total. The monoisotopic (exact) mass is 379 g/mol. The van der Waals surface area contributed by atoms with Gasteiger partial charge in [0.25, 0.3) is 11.8 Å². The Morgan fingerprint density at radius 3 is 1.93 bits per heavy atom. The van der Waals surface area contributed by atoms with Crippen LogP contribution in [0.1, 0.15) is 31.8 Å². The summed E-state index contributed by atoms with van der Waals surface area (Å²) in [4.78, 5) is 28.4. The quantitative estimate of drug-likeness (QED) is 0.687. The molecule has 0 atom stereocenters. The van der Waals surface area contributed by atoms with E-state index in [4.69, 9.17) is 11.6 Å². The van der Waals surface area contributed by atoms with Crippen LogP contribution in [0.4, 0.5) is 0 Å². The van der Waals surface area contributed by atoms with Crippen molar-refractivity contribution in [2.75, 3.05) is 0 Å². The Bertz CT molecular complexity index is 928. The van der Waals surface area contributed by atoms with Gasteiger partial charge in [-0.25, -0.2) is 0 Å². The number of aromatic nitrogens is 1. The Kier molecular flexibility index (Phi) is 6.18. The highest BCUT2D eigenvalue weighted by Crippen LogP contribution is 2.14. The predicted molar refractivity (Wildman–Crippen MR) is 104 cm³/mol. The zero-order valence-electron chi connectivity index (χ0n) is 14.5. The Hall–Kier alpha value is -3.18. The van der Waals surface area contributed by atoms with E-state index in [1.165, 1.54) is 0 Å². The maximum atomic E-state index is 12.3. The van der Waals surface area contributed by atoms with Gasteiger partial charge in [0.1, 0.15) is 0 Å². The smallest absolute Gasteiger partial charge is 0.251 e. The molecule has 0 aliphatic carbocycles. The number of pyridine rings is 1. The van der Waals surface area contributed by atoms with Crippen molar-refractivity contribution >= 4 is 23.4 Å². The van der Waals surface area contributed by atoms with Crippen molar-refractivity contribution in [3.8, 4) is 0 Å². The molecule has 3 rings (SSSR count). The second-order valence-corrected chi connectivity index (χ2v) is 6.30. The second kappa shape index (κ2) is 8.96. The molecule has 2 N–H and O–H groups in total. The molecule has 1 aromatic heterocycles. The first-order valence-electron chi connectivity index (χ1n) is 8.42. The van der Waals surface area contributed by atoms with Crippen LogP contribution in [0.15, 0.2) is 73.1 Å². The number of rotatable bonds is 6. The summed E-state index contributed by atoms with van der Waals surface area (Å²) in [5.74, 6) is -0.423. The van der Waals surface area contributed by atoms with Crippen molar-refractivity contribution in [2.24, 2.45) is 0 Å². The van der Waals surface area contributed by atoms with Gasteiger partial charge in [-0.2, -0.15) is 0 Å². The van der Waals surface area contributed by atoms with Crippen LogP contribution in [0, 0.1) is 0 Å². The lowest BCUT2D eigenvalue weighted by molar-refractivity contribution is 0.0939. The van der Waals surface area contributed by atoms with Crippen molar-refractivity contribution in [2.45, 2.75) is 13.1 Å². The standard InChI is InChI=1S/C21H18ClN3O2/c22-19-4-2-1-3-18(19)14-25-21(27)17-7-5-16(6-8-17)20(26)24-13-15-9-11-23-12-10-15/h1-12H,13-14H2,(H,24,26)(H,25,27). The predicted octanol–water partition coefficient (Wildman–Crippen LogP) is 3.60. The highest BCUT2D eigenvalue weighted by molar-refractivity contribution is 6.31. The van der Waals surface area contributed by atoms with Crippen LogP contribution in [0.25, 0.3) is 0 Å². The molecule has 0 bridgehead atoms. The molecule has 2 amide bonds. The van der Waals surface area contributed by atoms with Crippen molar-refractivity contribution in [1.29, 1.82) is 0 Å². The molecule has 0 saturated carbocycles. The molecule has 0 unspecified atom stereocenters. The van der Waals surface area contributed by atoms with Crippen LogP contribution >= 0.6 is 11.6 Å². The summed E-state index contributed by atoms with van der Waals surface area (Å²) in [5, 5.41) is 6.27. The summed E-state index contributed by atoms with van der Waals surface area (Å²) < 4.78 is 0. The Morgan fingerprint density at radius 2 is 1.33 bits per heavy atom. The molecule has 0 aliphatic heterocycles. The largest absolute Gasteiger partial charge is 0.348 e. The van der Waals surface area contributed by atoms with E-state index < -0.39 is 0 Å². The SMILES string of the molecule is O=C(NCc1ccncc1)c1ccc(C(=O)NCc2ccccc2Cl)cc1. The molecule has 0 aliphatic rings. The summed E-state index contributed by atoms with van der Waals surface area (Å²) in [6, 6.07) is 17.5. The topological polar surface area (TPSA) is 71.1 Å². The average Bonchev–Trinajstić information content (AvgIpc) is 2.72. The summed E-state index contributed by atoms with van der Waals surface area (Å²) in [5.41, 5.74) is 2.79. The van der Waals surface area contributed by atoms with Gasteiger partial charge < -0.3 is 10.6 Å². The van der Waals surface area contributed by atoms with Crippen LogP contribution in [0.3, 0.4) is 0 Å². The minimum Gasteiger partial charge on any atom is -0.348 e. The van der Waals surface area contributed by atoms with Gasteiger partial charge in [0.15, 0.2) is 0 Å². The lowest BCUT2D eigenvalue weighted by atomic mass is 10.1. The third-order valence-electron chi connectivity index (χ3n) is 4.01. The van der Waals surface area contributed by atoms with Gasteiger partial charge >= 0.3 is 0 Å². The lowest BCUT2D eigenvalue weighted by Gasteiger charge is -2.08. The summed E-state index contributed by atoms with van der Waals surface area (Å²) >= 11 is 6.08. The fourth-order valence-corrected chi connectivity index (χ4v) is 2.68. The number of benzene rings is 2. The number of hydrogen-bond acceptors (Lipinski definition) is 3. The van der Waals surface area contributed by atoms with E-state index >= 15 is 0 Å². The van der Waals surface area contributed by atoms with Gasteiger partial charge in [0.05, 0.1) is 0 Å². The van der Waals surface area contributed by atoms with Gasteiger partial charge in [-0.3, -0.25) is 14.6 Å². The fraction of sp³-hybridized carbons (Fsp3) is 0.0952. The maximum absolute atomic E-state index is 12.3. The van der Waals surface area contributed by atoms with Crippen molar-refractivity contribution < 1.29 is 9.59 Å². The summed E-state index contributed by atoms with van der Waals surface area (Å²) in [6.07, 6.45) is 3.36. The summed E-state index contributed by atoms with van der Waals surface area (Å²) in [6.45, 7) is 0.758. The highest BCUT2D eigenvalue weighted by atomic mass is 35.5. The van der Waals surface area contributed by atoms with Crippen molar-refractivity contribution in [3.05, 3.63) is 100 Å². The van der Waals surface area contributed by atoms with E-state index in [9.17, 15) is 9.59 Å². The summed E-state index contributed by atoms with van der Waals surface area (Å²) in [7, 11) is 0. The highest BCUT2D eigenvalue weighted by Gasteiger charge is 2.09. The zero-order chi connectivity index (χ0) is 19.1. The minimum atomic E-state index is -0.223. The number of nitrogens with one attached hydrogen (secondary N) is 2. The first-order valence-corrected chi connectivity index (χ1v) is 8.80. The second-order valence-electron chi connectivity index (χ2n) is 5.89. The molecule has 0 saturated heterocycles. The molecular weight excluding hydrogens is 362 g/mol. The molecule has 27 heavy (non-hydrogen) atoms. The van der Waals surface area contributed by atoms with E-state index in [0.29, 0.717) is 29.2 Å². The maximum Gasteiger partial charge on any atom is 0.251 e. The number of amides is 2. The third-order valence-corrected chi connectivity index (χ3v) is 4.38. The number of nitrogens with zero attached hydrogens (tertiary/aromatic N) is 1. The molecule has 3 aromatic rings. The van der Waals surface area contributed by atoms with Gasteiger partial charge in [-0.1, -0.05) is 29.8 Å². The van der Waals surface area contributed by atoms with E-state index in [1.807, 2.05) is 30.3 Å². The number of halogens is 1. The van der Waals surface area contributed by atoms with E-state index in [-0.39, 0.29) is 11.8 Å². The van der Waals surface area contributed by atoms with Crippen LogP contribution in [0.2, 0.25) is 5.02 Å². The molecular formula is C21H18ClN3O2. The average molecular weight is 380 g/mol. The van der Waals surface area contributed by atoms with Gasteiger partial charge in [0, 0.05) is 41.6 Å². The van der Waals surface area contributed by atoms with Gasteiger partial charge in [0.2, 0.25) is 0 Å². The fourth-order valence-electron chi connectivity index (χ4n) is 2.48. The normalized spacial score (nSPS) is 10.3. The number of carbonyl (C=O) groups is 2. The minimum absolute atomic E-state index is 0.199. The molecule has 2 aromatic carbocycles. The zero-order valence-corrected chi connectivity index (χ0v) is 15.2. The Balaban J connectivity index is 1.55. The lowest BCUT2D eigenvalue weighted by Crippen LogP contribution is -2.24. The first kappa shape index (κ1) is 18.6. The molecule has 0 radical (unpaired) electrons. The molecule has 136 valence electrons. The van der Waals surface area contributed by atoms with E-state index in [0.717, 1.165) is 11.1 Å². The Labute approximate surface area is 162 Å². The molecule has 0 spiro atoms. The molecule has 6 heteroatoms.